The second kappa shape index (κ2) is 11.1. The van der Waals surface area contributed by atoms with Gasteiger partial charge in [-0.3, -0.25) is 14.6 Å². The highest BCUT2D eigenvalue weighted by Gasteiger charge is 2.23. The Bertz CT molecular complexity index is 1480. The number of benzene rings is 2. The number of halogens is 2. The molecule has 0 spiro atoms. The van der Waals surface area contributed by atoms with Crippen molar-refractivity contribution in [2.75, 3.05) is 32.0 Å². The van der Waals surface area contributed by atoms with Crippen LogP contribution in [0.1, 0.15) is 27.3 Å². The molecule has 1 aliphatic heterocycles. The van der Waals surface area contributed by atoms with E-state index in [-0.39, 0.29) is 33.7 Å². The largest absolute Gasteiger partial charge is 0.350 e. The maximum atomic E-state index is 14.3. The van der Waals surface area contributed by atoms with Gasteiger partial charge in [-0.1, -0.05) is 35.9 Å². The van der Waals surface area contributed by atoms with Gasteiger partial charge in [-0.25, -0.2) is 9.07 Å². The van der Waals surface area contributed by atoms with E-state index in [9.17, 15) is 14.0 Å². The van der Waals surface area contributed by atoms with E-state index in [0.717, 1.165) is 19.5 Å². The Morgan fingerprint density at radius 3 is 2.63 bits per heavy atom. The first kappa shape index (κ1) is 25.6. The fraction of sp³-hybridized carbons (Fsp3) is 0.214. The van der Waals surface area contributed by atoms with Crippen LogP contribution >= 0.6 is 11.6 Å². The standard InChI is InChI=1S/C28H26ClFN6O2/c1-35-13-11-18(17-35)16-32-28(38)24-15-25(36(34-24)20-6-3-2-4-7-20)33-27(37)21-14-19(9-10-22(21)29)26-23(30)8-5-12-31-26/h2-10,12,14-15,18H,11,13,16-17H2,1H3,(H,32,38)(H,33,37). The molecule has 0 bridgehead atoms. The highest BCUT2D eigenvalue weighted by molar-refractivity contribution is 6.34. The summed E-state index contributed by atoms with van der Waals surface area (Å²) >= 11 is 6.35. The zero-order chi connectivity index (χ0) is 26.6. The lowest BCUT2D eigenvalue weighted by Gasteiger charge is -2.11. The van der Waals surface area contributed by atoms with E-state index < -0.39 is 11.7 Å². The Balaban J connectivity index is 1.41. The molecule has 4 aromatic rings. The molecule has 0 saturated carbocycles. The van der Waals surface area contributed by atoms with Crippen LogP contribution in [0.3, 0.4) is 0 Å². The van der Waals surface area contributed by atoms with Crippen molar-refractivity contribution >= 4 is 29.2 Å². The van der Waals surface area contributed by atoms with Crippen molar-refractivity contribution in [2.24, 2.45) is 5.92 Å². The first-order valence-electron chi connectivity index (χ1n) is 12.2. The monoisotopic (exact) mass is 532 g/mol. The molecule has 1 aliphatic rings. The number of likely N-dealkylation sites (tertiary alicyclic amines) is 1. The van der Waals surface area contributed by atoms with Crippen molar-refractivity contribution in [1.82, 2.24) is 25.0 Å². The minimum absolute atomic E-state index is 0.111. The number of rotatable bonds is 7. The van der Waals surface area contributed by atoms with E-state index in [2.05, 4.69) is 32.7 Å². The number of anilines is 1. The number of nitrogens with zero attached hydrogens (tertiary/aromatic N) is 4. The number of amides is 2. The first-order chi connectivity index (χ1) is 18.4. The van der Waals surface area contributed by atoms with Crippen molar-refractivity contribution < 1.29 is 14.0 Å². The van der Waals surface area contributed by atoms with Gasteiger partial charge in [0.05, 0.1) is 16.3 Å². The van der Waals surface area contributed by atoms with Crippen molar-refractivity contribution in [1.29, 1.82) is 0 Å². The molecule has 2 N–H and O–H groups in total. The van der Waals surface area contributed by atoms with Gasteiger partial charge in [0, 0.05) is 30.9 Å². The molecule has 5 rings (SSSR count). The highest BCUT2D eigenvalue weighted by atomic mass is 35.5. The molecule has 2 aromatic heterocycles. The lowest BCUT2D eigenvalue weighted by atomic mass is 10.1. The fourth-order valence-electron chi connectivity index (χ4n) is 4.50. The number of aromatic nitrogens is 3. The quantitative estimate of drug-likeness (QED) is 0.361. The van der Waals surface area contributed by atoms with E-state index >= 15 is 0 Å². The average Bonchev–Trinajstić information content (AvgIpc) is 3.54. The van der Waals surface area contributed by atoms with Gasteiger partial charge in [0.2, 0.25) is 0 Å². The van der Waals surface area contributed by atoms with Crippen LogP contribution in [0.4, 0.5) is 10.2 Å². The summed E-state index contributed by atoms with van der Waals surface area (Å²) in [5, 5.41) is 10.4. The summed E-state index contributed by atoms with van der Waals surface area (Å²) in [4.78, 5) is 32.6. The zero-order valence-electron chi connectivity index (χ0n) is 20.7. The first-order valence-corrected chi connectivity index (χ1v) is 12.6. The summed E-state index contributed by atoms with van der Waals surface area (Å²) in [6, 6.07) is 18.1. The summed E-state index contributed by atoms with van der Waals surface area (Å²) in [6.07, 6.45) is 2.50. The van der Waals surface area contributed by atoms with Gasteiger partial charge in [0.25, 0.3) is 11.8 Å². The lowest BCUT2D eigenvalue weighted by Crippen LogP contribution is -2.30. The number of hydrogen-bond donors (Lipinski definition) is 2. The van der Waals surface area contributed by atoms with Gasteiger partial charge in [-0.15, -0.1) is 0 Å². The van der Waals surface area contributed by atoms with Crippen LogP contribution in [0.15, 0.2) is 72.9 Å². The van der Waals surface area contributed by atoms with E-state index in [1.807, 2.05) is 30.3 Å². The molecule has 2 amide bonds. The molecule has 38 heavy (non-hydrogen) atoms. The maximum absolute atomic E-state index is 14.3. The number of hydrogen-bond acceptors (Lipinski definition) is 5. The van der Waals surface area contributed by atoms with Crippen LogP contribution < -0.4 is 10.6 Å². The van der Waals surface area contributed by atoms with E-state index in [1.54, 1.807) is 6.07 Å². The molecule has 0 aliphatic carbocycles. The molecule has 1 atom stereocenters. The van der Waals surface area contributed by atoms with Crippen LogP contribution in [0.25, 0.3) is 16.9 Å². The molecule has 0 radical (unpaired) electrons. The molecule has 194 valence electrons. The number of carbonyl (C=O) groups is 2. The predicted molar refractivity (Wildman–Crippen MR) is 144 cm³/mol. The second-order valence-electron chi connectivity index (χ2n) is 9.27. The van der Waals surface area contributed by atoms with Crippen molar-refractivity contribution in [2.45, 2.75) is 6.42 Å². The Morgan fingerprint density at radius 1 is 1.08 bits per heavy atom. The molecular formula is C28H26ClFN6O2. The van der Waals surface area contributed by atoms with Gasteiger partial charge in [0.15, 0.2) is 5.69 Å². The third-order valence-electron chi connectivity index (χ3n) is 6.47. The SMILES string of the molecule is CN1CCC(CNC(=O)c2cc(NC(=O)c3cc(-c4ncccc4F)ccc3Cl)n(-c3ccccc3)n2)C1. The summed E-state index contributed by atoms with van der Waals surface area (Å²) < 4.78 is 15.8. The normalized spacial score (nSPS) is 15.4. The molecule has 8 nitrogen and oxygen atoms in total. The van der Waals surface area contributed by atoms with Crippen LogP contribution in [0, 0.1) is 11.7 Å². The topological polar surface area (TPSA) is 92.2 Å². The fourth-order valence-corrected chi connectivity index (χ4v) is 4.70. The zero-order valence-corrected chi connectivity index (χ0v) is 21.5. The predicted octanol–water partition coefficient (Wildman–Crippen LogP) is 4.66. The number of nitrogens with one attached hydrogen (secondary N) is 2. The second-order valence-corrected chi connectivity index (χ2v) is 9.68. The van der Waals surface area contributed by atoms with E-state index in [0.29, 0.717) is 23.7 Å². The Hall–Kier alpha value is -4.08. The van der Waals surface area contributed by atoms with Gasteiger partial charge in [-0.05, 0) is 62.3 Å². The van der Waals surface area contributed by atoms with Crippen molar-refractivity contribution in [3.63, 3.8) is 0 Å². The van der Waals surface area contributed by atoms with Crippen LogP contribution in [0.2, 0.25) is 5.02 Å². The number of pyridine rings is 1. The summed E-state index contributed by atoms with van der Waals surface area (Å²) in [5.41, 5.74) is 1.48. The Kier molecular flexibility index (Phi) is 7.48. The van der Waals surface area contributed by atoms with Crippen LogP contribution in [-0.4, -0.2) is 58.2 Å². The lowest BCUT2D eigenvalue weighted by molar-refractivity contribution is 0.0941. The van der Waals surface area contributed by atoms with Gasteiger partial charge >= 0.3 is 0 Å². The average molecular weight is 533 g/mol. The summed E-state index contributed by atoms with van der Waals surface area (Å²) in [6.45, 7) is 2.49. The van der Waals surface area contributed by atoms with Crippen molar-refractivity contribution in [3.05, 3.63) is 95.0 Å². The minimum atomic E-state index is -0.536. The van der Waals surface area contributed by atoms with E-state index in [4.69, 9.17) is 11.6 Å². The van der Waals surface area contributed by atoms with Gasteiger partial charge in [-0.2, -0.15) is 5.10 Å². The van der Waals surface area contributed by atoms with Gasteiger partial charge < -0.3 is 15.5 Å². The summed E-state index contributed by atoms with van der Waals surface area (Å²) in [7, 11) is 2.06. The van der Waals surface area contributed by atoms with Crippen molar-refractivity contribution in [3.8, 4) is 16.9 Å². The molecule has 3 heterocycles. The van der Waals surface area contributed by atoms with Gasteiger partial charge in [0.1, 0.15) is 17.3 Å². The third-order valence-corrected chi connectivity index (χ3v) is 6.80. The molecule has 1 unspecified atom stereocenters. The minimum Gasteiger partial charge on any atom is -0.350 e. The van der Waals surface area contributed by atoms with Crippen LogP contribution in [-0.2, 0) is 0 Å². The molecule has 1 fully saturated rings. The smallest absolute Gasteiger partial charge is 0.271 e. The number of carbonyl (C=O) groups excluding carboxylic acids is 2. The molecule has 2 aromatic carbocycles. The summed E-state index contributed by atoms with van der Waals surface area (Å²) in [5.74, 6) is -0.694. The Morgan fingerprint density at radius 2 is 1.89 bits per heavy atom. The Labute approximate surface area is 224 Å². The number of para-hydroxylation sites is 1. The maximum Gasteiger partial charge on any atom is 0.271 e. The molecule has 10 heteroatoms. The highest BCUT2D eigenvalue weighted by Crippen LogP contribution is 2.27. The molecule has 1 saturated heterocycles. The third kappa shape index (κ3) is 5.58. The molecular weight excluding hydrogens is 507 g/mol. The van der Waals surface area contributed by atoms with E-state index in [1.165, 1.54) is 41.2 Å². The van der Waals surface area contributed by atoms with Crippen LogP contribution in [0.5, 0.6) is 0 Å².